The van der Waals surface area contributed by atoms with Gasteiger partial charge >= 0.3 is 0 Å². The molecule has 0 spiro atoms. The smallest absolute Gasteiger partial charge is 0.257 e. The topological polar surface area (TPSA) is 127 Å². The summed E-state index contributed by atoms with van der Waals surface area (Å²) >= 11 is 6.42. The fraction of sp³-hybridized carbons (Fsp3) is 0.276. The Bertz CT molecular complexity index is 1620. The number of carbonyl (C=O) groups is 3. The van der Waals surface area contributed by atoms with Crippen LogP contribution in [-0.2, 0) is 14.4 Å². The summed E-state index contributed by atoms with van der Waals surface area (Å²) in [5.41, 5.74) is -0.374. The molecule has 9 nitrogen and oxygen atoms in total. The van der Waals surface area contributed by atoms with E-state index in [1.165, 1.54) is 42.6 Å². The van der Waals surface area contributed by atoms with Gasteiger partial charge in [0.15, 0.2) is 0 Å². The molecule has 0 bridgehead atoms. The lowest BCUT2D eigenvalue weighted by molar-refractivity contribution is -0.133. The van der Waals surface area contributed by atoms with E-state index < -0.39 is 84.5 Å². The second-order valence-electron chi connectivity index (χ2n) is 10.2. The van der Waals surface area contributed by atoms with E-state index in [1.807, 2.05) is 6.07 Å². The summed E-state index contributed by atoms with van der Waals surface area (Å²) in [6.45, 7) is 0. The summed E-state index contributed by atoms with van der Waals surface area (Å²) in [5.74, 6) is -8.36. The van der Waals surface area contributed by atoms with E-state index in [0.717, 1.165) is 21.9 Å². The first-order valence-corrected chi connectivity index (χ1v) is 13.4. The highest BCUT2D eigenvalue weighted by atomic mass is 35.5. The molecule has 5 rings (SSSR count). The fourth-order valence-electron chi connectivity index (χ4n) is 5.22. The number of nitrogens with zero attached hydrogens (tertiary/aromatic N) is 4. The van der Waals surface area contributed by atoms with Crippen LogP contribution >= 0.6 is 11.6 Å². The van der Waals surface area contributed by atoms with Gasteiger partial charge in [0, 0.05) is 48.2 Å². The van der Waals surface area contributed by atoms with Crippen LogP contribution in [0.2, 0.25) is 5.02 Å². The number of carbonyl (C=O) groups excluding carboxylic acids is 3. The first-order chi connectivity index (χ1) is 20.4. The number of hydrogen-bond donors (Lipinski definition) is 2. The molecule has 3 amide bonds. The molecule has 1 aliphatic heterocycles. The highest BCUT2D eigenvalue weighted by Crippen LogP contribution is 2.40. The average Bonchev–Trinajstić information content (AvgIpc) is 3.24. The van der Waals surface area contributed by atoms with Crippen LogP contribution in [-0.4, -0.2) is 51.9 Å². The lowest BCUT2D eigenvalue weighted by atomic mass is 9.87. The highest BCUT2D eigenvalue weighted by molar-refractivity contribution is 6.31. The van der Waals surface area contributed by atoms with Crippen LogP contribution in [0.3, 0.4) is 0 Å². The Morgan fingerprint density at radius 3 is 2.44 bits per heavy atom. The van der Waals surface area contributed by atoms with E-state index >= 15 is 0 Å². The van der Waals surface area contributed by atoms with E-state index in [1.54, 1.807) is 0 Å². The van der Waals surface area contributed by atoms with Crippen LogP contribution in [0.1, 0.15) is 36.4 Å². The molecule has 2 aliphatic rings. The van der Waals surface area contributed by atoms with Gasteiger partial charge in [-0.3, -0.25) is 24.2 Å². The Morgan fingerprint density at radius 2 is 1.81 bits per heavy atom. The molecule has 1 aliphatic carbocycles. The van der Waals surface area contributed by atoms with Crippen molar-refractivity contribution >= 4 is 40.8 Å². The van der Waals surface area contributed by atoms with Crippen molar-refractivity contribution in [3.63, 3.8) is 0 Å². The summed E-state index contributed by atoms with van der Waals surface area (Å²) in [7, 11) is 0. The molecule has 1 saturated heterocycles. The second-order valence-corrected chi connectivity index (χ2v) is 10.6. The summed E-state index contributed by atoms with van der Waals surface area (Å²) < 4.78 is 56.3. The molecule has 3 aromatic rings. The molecule has 2 aromatic carbocycles. The van der Waals surface area contributed by atoms with Crippen molar-refractivity contribution in [3.05, 3.63) is 88.6 Å². The molecular weight excluding hydrogens is 594 g/mol. The van der Waals surface area contributed by atoms with Gasteiger partial charge < -0.3 is 10.4 Å². The van der Waals surface area contributed by atoms with Crippen LogP contribution in [0.5, 0.6) is 0 Å². The number of rotatable bonds is 7. The third kappa shape index (κ3) is 6.02. The van der Waals surface area contributed by atoms with Gasteiger partial charge in [-0.1, -0.05) is 29.8 Å². The summed E-state index contributed by atoms with van der Waals surface area (Å²) in [6, 6.07) is 8.04. The number of nitrogens with one attached hydrogen (secondary N) is 1. The molecule has 1 unspecified atom stereocenters. The molecule has 2 fully saturated rings. The van der Waals surface area contributed by atoms with Crippen molar-refractivity contribution in [2.45, 2.75) is 49.4 Å². The number of nitriles is 1. The van der Waals surface area contributed by atoms with E-state index in [0.29, 0.717) is 6.07 Å². The Hall–Kier alpha value is -4.54. The van der Waals surface area contributed by atoms with Crippen LogP contribution in [0.15, 0.2) is 60.8 Å². The Labute approximate surface area is 247 Å². The van der Waals surface area contributed by atoms with Crippen LogP contribution in [0.4, 0.5) is 29.1 Å². The number of amides is 3. The third-order valence-electron chi connectivity index (χ3n) is 7.19. The quantitative estimate of drug-likeness (QED) is 0.387. The predicted octanol–water partition coefficient (Wildman–Crippen LogP) is 4.04. The number of aliphatic hydroxyl groups is 1. The zero-order valence-electron chi connectivity index (χ0n) is 22.1. The number of aliphatic hydroxyl groups excluding tert-OH is 1. The molecule has 3 atom stereocenters. The molecule has 222 valence electrons. The zero-order chi connectivity index (χ0) is 31.1. The maximum atomic E-state index is 14.6. The summed E-state index contributed by atoms with van der Waals surface area (Å²) in [5, 5.41) is 22.2. The van der Waals surface area contributed by atoms with Crippen molar-refractivity contribution in [2.24, 2.45) is 0 Å². The van der Waals surface area contributed by atoms with Gasteiger partial charge in [0.05, 0.1) is 17.3 Å². The van der Waals surface area contributed by atoms with Crippen molar-refractivity contribution in [2.75, 3.05) is 9.80 Å². The molecule has 0 radical (unpaired) electrons. The Balaban J connectivity index is 1.65. The largest absolute Gasteiger partial charge is 0.383 e. The molecule has 1 saturated carbocycles. The van der Waals surface area contributed by atoms with E-state index in [4.69, 9.17) is 11.6 Å². The first kappa shape index (κ1) is 29.9. The zero-order valence-corrected chi connectivity index (χ0v) is 22.8. The van der Waals surface area contributed by atoms with Crippen molar-refractivity contribution in [1.29, 1.82) is 5.26 Å². The van der Waals surface area contributed by atoms with Gasteiger partial charge in [0.1, 0.15) is 35.6 Å². The van der Waals surface area contributed by atoms with Gasteiger partial charge in [-0.2, -0.15) is 5.26 Å². The maximum Gasteiger partial charge on any atom is 0.257 e. The molecule has 2 N–H and O–H groups in total. The van der Waals surface area contributed by atoms with Gasteiger partial charge in [0.25, 0.3) is 17.7 Å². The molecule has 1 aromatic heterocycles. The highest BCUT2D eigenvalue weighted by Gasteiger charge is 2.50. The van der Waals surface area contributed by atoms with Crippen LogP contribution in [0.25, 0.3) is 0 Å². The molecule has 14 heteroatoms. The average molecular weight is 616 g/mol. The standard InChI is InChI=1S/C29H22ClF4N5O4/c30-21-4-2-1-3-20(21)25(26(41)37-18-12-29(33,34)13-18)38(19-9-16(31)8-17(32)10-19)27(42)22-11-23(40)28(43)39(22)24-7-15(14-35)5-6-36-24/h1-10,18,22-23,25,40H,11-13H2,(H,37,41)/t22-,23+,25?/m0/s1. The lowest BCUT2D eigenvalue weighted by Crippen LogP contribution is -2.56. The van der Waals surface area contributed by atoms with Crippen molar-refractivity contribution in [1.82, 2.24) is 10.3 Å². The SMILES string of the molecule is N#Cc1ccnc(N2C(=O)[C@H](O)C[C@H]2C(=O)N(c2cc(F)cc(F)c2)C(C(=O)NC2CC(F)(F)C2)c2ccccc2Cl)c1. The molecule has 2 heterocycles. The second kappa shape index (κ2) is 11.6. The van der Waals surface area contributed by atoms with Crippen molar-refractivity contribution in [3.8, 4) is 6.07 Å². The molecule has 43 heavy (non-hydrogen) atoms. The summed E-state index contributed by atoms with van der Waals surface area (Å²) in [4.78, 5) is 46.9. The summed E-state index contributed by atoms with van der Waals surface area (Å²) in [6.07, 6.45) is -2.31. The minimum atomic E-state index is -3.00. The number of benzene rings is 2. The predicted molar refractivity (Wildman–Crippen MR) is 145 cm³/mol. The number of aromatic nitrogens is 1. The number of anilines is 2. The molecular formula is C29H22ClF4N5O4. The van der Waals surface area contributed by atoms with Crippen LogP contribution < -0.4 is 15.1 Å². The number of hydrogen-bond acceptors (Lipinski definition) is 6. The fourth-order valence-corrected chi connectivity index (χ4v) is 5.45. The maximum absolute atomic E-state index is 14.6. The first-order valence-electron chi connectivity index (χ1n) is 13.0. The van der Waals surface area contributed by atoms with E-state index in [2.05, 4.69) is 10.3 Å². The Kier molecular flexibility index (Phi) is 8.09. The van der Waals surface area contributed by atoms with Gasteiger partial charge in [-0.05, 0) is 30.3 Å². The van der Waals surface area contributed by atoms with Gasteiger partial charge in [0.2, 0.25) is 5.91 Å². The van der Waals surface area contributed by atoms with Crippen molar-refractivity contribution < 1.29 is 37.1 Å². The van der Waals surface area contributed by atoms with Gasteiger partial charge in [-0.15, -0.1) is 0 Å². The monoisotopic (exact) mass is 615 g/mol. The normalized spacial score (nSPS) is 20.2. The van der Waals surface area contributed by atoms with Gasteiger partial charge in [-0.25, -0.2) is 22.5 Å². The Morgan fingerprint density at radius 1 is 1.14 bits per heavy atom. The number of alkyl halides is 2. The number of pyridine rings is 1. The van der Waals surface area contributed by atoms with Crippen LogP contribution in [0, 0.1) is 23.0 Å². The minimum absolute atomic E-state index is 0.00760. The van der Waals surface area contributed by atoms with E-state index in [9.17, 15) is 42.3 Å². The lowest BCUT2D eigenvalue weighted by Gasteiger charge is -2.39. The minimum Gasteiger partial charge on any atom is -0.383 e. The third-order valence-corrected chi connectivity index (χ3v) is 7.54. The van der Waals surface area contributed by atoms with E-state index in [-0.39, 0.29) is 22.0 Å². The number of halogens is 5.